The molecule has 0 unspecified atom stereocenters. The van der Waals surface area contributed by atoms with Gasteiger partial charge in [-0.3, -0.25) is 4.79 Å². The molecule has 24 heavy (non-hydrogen) atoms. The molecule has 1 aromatic heterocycles. The Morgan fingerprint density at radius 1 is 1.21 bits per heavy atom. The molecule has 0 aliphatic heterocycles. The van der Waals surface area contributed by atoms with Gasteiger partial charge in [0.2, 0.25) is 5.91 Å². The van der Waals surface area contributed by atoms with Gasteiger partial charge in [0.15, 0.2) is 11.5 Å². The SMILES string of the molecule is CCOc1ccc(NC(=O)Cc2ccc3nc[nH]c3c2)cc1OC. The highest BCUT2D eigenvalue weighted by Crippen LogP contribution is 2.30. The molecule has 3 aromatic rings. The van der Waals surface area contributed by atoms with Gasteiger partial charge in [-0.15, -0.1) is 0 Å². The van der Waals surface area contributed by atoms with Gasteiger partial charge >= 0.3 is 0 Å². The predicted octanol–water partition coefficient (Wildman–Crippen LogP) is 3.15. The first-order valence-corrected chi connectivity index (χ1v) is 7.72. The third-order valence-electron chi connectivity index (χ3n) is 3.60. The van der Waals surface area contributed by atoms with Crippen LogP contribution in [0.15, 0.2) is 42.7 Å². The normalized spacial score (nSPS) is 10.6. The van der Waals surface area contributed by atoms with Crippen molar-refractivity contribution in [1.29, 1.82) is 0 Å². The van der Waals surface area contributed by atoms with Gasteiger partial charge in [0.05, 0.1) is 37.5 Å². The van der Waals surface area contributed by atoms with Gasteiger partial charge in [0, 0.05) is 11.8 Å². The molecule has 0 bridgehead atoms. The van der Waals surface area contributed by atoms with Crippen molar-refractivity contribution in [3.8, 4) is 11.5 Å². The summed E-state index contributed by atoms with van der Waals surface area (Å²) in [5.41, 5.74) is 3.39. The number of hydrogen-bond donors (Lipinski definition) is 2. The lowest BCUT2D eigenvalue weighted by Gasteiger charge is -2.11. The number of aromatic amines is 1. The zero-order chi connectivity index (χ0) is 16.9. The molecule has 0 aliphatic carbocycles. The van der Waals surface area contributed by atoms with E-state index in [4.69, 9.17) is 9.47 Å². The number of H-pyrrole nitrogens is 1. The summed E-state index contributed by atoms with van der Waals surface area (Å²) >= 11 is 0. The molecule has 1 amide bonds. The van der Waals surface area contributed by atoms with Crippen molar-refractivity contribution >= 4 is 22.6 Å². The fraction of sp³-hybridized carbons (Fsp3) is 0.222. The van der Waals surface area contributed by atoms with Crippen molar-refractivity contribution in [2.24, 2.45) is 0 Å². The zero-order valence-electron chi connectivity index (χ0n) is 13.6. The second-order valence-corrected chi connectivity index (χ2v) is 5.28. The van der Waals surface area contributed by atoms with Gasteiger partial charge in [-0.1, -0.05) is 6.07 Å². The molecule has 6 nitrogen and oxygen atoms in total. The molecule has 2 N–H and O–H groups in total. The molecule has 0 atom stereocenters. The lowest BCUT2D eigenvalue weighted by atomic mass is 10.1. The van der Waals surface area contributed by atoms with Crippen LogP contribution in [0.4, 0.5) is 5.69 Å². The third-order valence-corrected chi connectivity index (χ3v) is 3.60. The van der Waals surface area contributed by atoms with Gasteiger partial charge < -0.3 is 19.8 Å². The van der Waals surface area contributed by atoms with E-state index in [1.807, 2.05) is 25.1 Å². The number of benzene rings is 2. The van der Waals surface area contributed by atoms with Gasteiger partial charge in [-0.25, -0.2) is 4.98 Å². The van der Waals surface area contributed by atoms with E-state index in [1.54, 1.807) is 31.6 Å². The summed E-state index contributed by atoms with van der Waals surface area (Å²) in [6.45, 7) is 2.46. The molecule has 2 aromatic carbocycles. The van der Waals surface area contributed by atoms with Crippen molar-refractivity contribution in [3.05, 3.63) is 48.3 Å². The summed E-state index contributed by atoms with van der Waals surface area (Å²) in [5, 5.41) is 2.88. The van der Waals surface area contributed by atoms with E-state index in [0.717, 1.165) is 16.6 Å². The van der Waals surface area contributed by atoms with E-state index in [9.17, 15) is 4.79 Å². The molecule has 0 saturated heterocycles. The summed E-state index contributed by atoms with van der Waals surface area (Å²) in [6.07, 6.45) is 1.92. The molecule has 124 valence electrons. The summed E-state index contributed by atoms with van der Waals surface area (Å²) in [7, 11) is 1.57. The van der Waals surface area contributed by atoms with E-state index in [-0.39, 0.29) is 12.3 Å². The van der Waals surface area contributed by atoms with Gasteiger partial charge in [-0.2, -0.15) is 0 Å². The molecular weight excluding hydrogens is 306 g/mol. The monoisotopic (exact) mass is 325 g/mol. The van der Waals surface area contributed by atoms with Crippen LogP contribution in [0.25, 0.3) is 11.0 Å². The maximum absolute atomic E-state index is 12.3. The van der Waals surface area contributed by atoms with E-state index in [2.05, 4.69) is 15.3 Å². The molecule has 0 saturated carbocycles. The Balaban J connectivity index is 1.69. The number of fused-ring (bicyclic) bond motifs is 1. The first kappa shape index (κ1) is 15.9. The highest BCUT2D eigenvalue weighted by molar-refractivity contribution is 5.93. The van der Waals surface area contributed by atoms with Crippen LogP contribution in [0, 0.1) is 0 Å². The van der Waals surface area contributed by atoms with Crippen molar-refractivity contribution in [2.75, 3.05) is 19.0 Å². The topological polar surface area (TPSA) is 76.2 Å². The summed E-state index contributed by atoms with van der Waals surface area (Å²) in [4.78, 5) is 19.5. The predicted molar refractivity (Wildman–Crippen MR) is 92.6 cm³/mol. The van der Waals surface area contributed by atoms with Crippen molar-refractivity contribution < 1.29 is 14.3 Å². The Labute approximate surface area is 139 Å². The van der Waals surface area contributed by atoms with Crippen LogP contribution in [-0.4, -0.2) is 29.6 Å². The molecule has 3 rings (SSSR count). The number of aromatic nitrogens is 2. The number of amides is 1. The Kier molecular flexibility index (Phi) is 4.65. The Morgan fingerprint density at radius 3 is 2.88 bits per heavy atom. The number of hydrogen-bond acceptors (Lipinski definition) is 4. The number of nitrogens with zero attached hydrogens (tertiary/aromatic N) is 1. The lowest BCUT2D eigenvalue weighted by molar-refractivity contribution is -0.115. The maximum Gasteiger partial charge on any atom is 0.228 e. The molecule has 0 radical (unpaired) electrons. The number of anilines is 1. The summed E-state index contributed by atoms with van der Waals surface area (Å²) in [5.74, 6) is 1.15. The molecule has 1 heterocycles. The highest BCUT2D eigenvalue weighted by atomic mass is 16.5. The van der Waals surface area contributed by atoms with E-state index in [0.29, 0.717) is 23.8 Å². The fourth-order valence-electron chi connectivity index (χ4n) is 2.50. The van der Waals surface area contributed by atoms with E-state index >= 15 is 0 Å². The van der Waals surface area contributed by atoms with Crippen LogP contribution in [-0.2, 0) is 11.2 Å². The van der Waals surface area contributed by atoms with Crippen molar-refractivity contribution in [2.45, 2.75) is 13.3 Å². The third kappa shape index (κ3) is 3.48. The number of carbonyl (C=O) groups excluding carboxylic acids is 1. The van der Waals surface area contributed by atoms with Crippen LogP contribution in [0.5, 0.6) is 11.5 Å². The number of rotatable bonds is 6. The Bertz CT molecular complexity index is 858. The van der Waals surface area contributed by atoms with Crippen LogP contribution in [0.2, 0.25) is 0 Å². The fourth-order valence-corrected chi connectivity index (χ4v) is 2.50. The van der Waals surface area contributed by atoms with Crippen molar-refractivity contribution in [3.63, 3.8) is 0 Å². The first-order valence-electron chi connectivity index (χ1n) is 7.72. The summed E-state index contributed by atoms with van der Waals surface area (Å²) in [6, 6.07) is 11.1. The minimum absolute atomic E-state index is 0.0971. The molecule has 0 aliphatic rings. The van der Waals surface area contributed by atoms with Crippen LogP contribution < -0.4 is 14.8 Å². The van der Waals surface area contributed by atoms with E-state index < -0.39 is 0 Å². The van der Waals surface area contributed by atoms with Gasteiger partial charge in [-0.05, 0) is 36.8 Å². The van der Waals surface area contributed by atoms with Gasteiger partial charge in [0.25, 0.3) is 0 Å². The Hall–Kier alpha value is -3.02. The Morgan fingerprint density at radius 2 is 2.08 bits per heavy atom. The number of nitrogens with one attached hydrogen (secondary N) is 2. The molecule has 0 fully saturated rings. The average molecular weight is 325 g/mol. The lowest BCUT2D eigenvalue weighted by Crippen LogP contribution is -2.14. The summed E-state index contributed by atoms with van der Waals surface area (Å²) < 4.78 is 10.8. The highest BCUT2D eigenvalue weighted by Gasteiger charge is 2.09. The maximum atomic E-state index is 12.3. The minimum atomic E-state index is -0.0971. The number of carbonyl (C=O) groups is 1. The largest absolute Gasteiger partial charge is 0.493 e. The molecule has 0 spiro atoms. The first-order chi connectivity index (χ1) is 11.7. The zero-order valence-corrected chi connectivity index (χ0v) is 13.6. The molecule has 6 heteroatoms. The number of ether oxygens (including phenoxy) is 2. The van der Waals surface area contributed by atoms with Gasteiger partial charge in [0.1, 0.15) is 0 Å². The minimum Gasteiger partial charge on any atom is -0.493 e. The number of methoxy groups -OCH3 is 1. The van der Waals surface area contributed by atoms with Crippen LogP contribution >= 0.6 is 0 Å². The second-order valence-electron chi connectivity index (χ2n) is 5.28. The smallest absolute Gasteiger partial charge is 0.228 e. The number of imidazole rings is 1. The standard InChI is InChI=1S/C18H19N3O3/c1-3-24-16-7-5-13(10-17(16)23-2)21-18(22)9-12-4-6-14-15(8-12)20-11-19-14/h4-8,10-11H,3,9H2,1-2H3,(H,19,20)(H,21,22). The molecular formula is C18H19N3O3. The quantitative estimate of drug-likeness (QED) is 0.730. The van der Waals surface area contributed by atoms with Crippen LogP contribution in [0.1, 0.15) is 12.5 Å². The van der Waals surface area contributed by atoms with Crippen LogP contribution in [0.3, 0.4) is 0 Å². The average Bonchev–Trinajstić information content (AvgIpc) is 3.04. The van der Waals surface area contributed by atoms with Crippen molar-refractivity contribution in [1.82, 2.24) is 9.97 Å². The van der Waals surface area contributed by atoms with E-state index in [1.165, 1.54) is 0 Å². The second kappa shape index (κ2) is 7.04.